The highest BCUT2D eigenvalue weighted by atomic mass is 35.5. The molecule has 96 valence electrons. The Morgan fingerprint density at radius 2 is 2.28 bits per heavy atom. The molecule has 0 saturated carbocycles. The van der Waals surface area contributed by atoms with Crippen molar-refractivity contribution in [3.8, 4) is 0 Å². The van der Waals surface area contributed by atoms with Crippen LogP contribution in [0.2, 0.25) is 5.02 Å². The van der Waals surface area contributed by atoms with E-state index in [0.29, 0.717) is 5.69 Å². The van der Waals surface area contributed by atoms with Crippen LogP contribution in [-0.2, 0) is 4.79 Å². The highest BCUT2D eigenvalue weighted by Crippen LogP contribution is 2.21. The van der Waals surface area contributed by atoms with Crippen molar-refractivity contribution in [3.05, 3.63) is 28.8 Å². The Morgan fingerprint density at radius 1 is 1.50 bits per heavy atom. The minimum absolute atomic E-state index is 0.108. The number of hydrogen-bond donors (Lipinski definition) is 3. The molecule has 7 heteroatoms. The first-order valence-corrected chi connectivity index (χ1v) is 6.82. The fourth-order valence-corrected chi connectivity index (χ4v) is 2.80. The molecule has 0 spiro atoms. The minimum Gasteiger partial charge on any atom is -0.366 e. The monoisotopic (exact) mass is 285 g/mol. The summed E-state index contributed by atoms with van der Waals surface area (Å²) in [5, 5.41) is 6.03. The molecule has 1 aliphatic heterocycles. The lowest BCUT2D eigenvalue weighted by Gasteiger charge is -2.11. The molecule has 0 bridgehead atoms. The topological polar surface area (TPSA) is 84.2 Å². The Kier molecular flexibility index (Phi) is 4.11. The van der Waals surface area contributed by atoms with Gasteiger partial charge in [-0.25, -0.2) is 0 Å². The average molecular weight is 286 g/mol. The van der Waals surface area contributed by atoms with Crippen molar-refractivity contribution in [2.24, 2.45) is 5.73 Å². The van der Waals surface area contributed by atoms with Crippen LogP contribution in [0.4, 0.5) is 5.69 Å². The van der Waals surface area contributed by atoms with Crippen LogP contribution in [0, 0.1) is 0 Å². The number of hydrogen-bond acceptors (Lipinski definition) is 4. The van der Waals surface area contributed by atoms with Gasteiger partial charge >= 0.3 is 0 Å². The van der Waals surface area contributed by atoms with Crippen LogP contribution in [0.5, 0.6) is 0 Å². The van der Waals surface area contributed by atoms with Gasteiger partial charge in [0.15, 0.2) is 0 Å². The maximum atomic E-state index is 11.8. The molecule has 18 heavy (non-hydrogen) atoms. The summed E-state index contributed by atoms with van der Waals surface area (Å²) in [5.41, 5.74) is 5.93. The molecule has 1 unspecified atom stereocenters. The summed E-state index contributed by atoms with van der Waals surface area (Å²) >= 11 is 7.57. The van der Waals surface area contributed by atoms with Gasteiger partial charge in [0.25, 0.3) is 0 Å². The first-order chi connectivity index (χ1) is 8.58. The number of rotatable bonds is 3. The first-order valence-electron chi connectivity index (χ1n) is 5.29. The van der Waals surface area contributed by atoms with E-state index < -0.39 is 5.91 Å². The van der Waals surface area contributed by atoms with E-state index in [4.69, 9.17) is 17.3 Å². The number of nitrogens with two attached hydrogens (primary N) is 1. The molecule has 1 aromatic carbocycles. The molecule has 2 rings (SSSR count). The molecule has 0 aliphatic carbocycles. The van der Waals surface area contributed by atoms with Gasteiger partial charge in [0.05, 0.1) is 16.6 Å². The van der Waals surface area contributed by atoms with Crippen LogP contribution in [0.3, 0.4) is 0 Å². The molecule has 1 aliphatic rings. The third-order valence-electron chi connectivity index (χ3n) is 2.53. The Bertz CT molecular complexity index is 489. The molecule has 0 aromatic heterocycles. The van der Waals surface area contributed by atoms with Crippen LogP contribution < -0.4 is 16.4 Å². The second kappa shape index (κ2) is 5.60. The van der Waals surface area contributed by atoms with Gasteiger partial charge in [0.2, 0.25) is 11.8 Å². The first kappa shape index (κ1) is 13.2. The number of halogens is 1. The number of thioether (sulfide) groups is 1. The maximum Gasteiger partial charge on any atom is 0.250 e. The van der Waals surface area contributed by atoms with Gasteiger partial charge in [-0.05, 0) is 18.2 Å². The van der Waals surface area contributed by atoms with Gasteiger partial charge in [-0.3, -0.25) is 14.9 Å². The van der Waals surface area contributed by atoms with Gasteiger partial charge in [-0.1, -0.05) is 11.6 Å². The van der Waals surface area contributed by atoms with Crippen molar-refractivity contribution in [3.63, 3.8) is 0 Å². The standard InChI is InChI=1S/C11H12ClN3O2S/c12-8-3-6(1-2-7(8)10(13)16)15-11(17)9-4-18-5-14-9/h1-3,9,14H,4-5H2,(H2,13,16)(H,15,17). The molecule has 5 nitrogen and oxygen atoms in total. The molecule has 4 N–H and O–H groups in total. The predicted octanol–water partition coefficient (Wildman–Crippen LogP) is 1.04. The van der Waals surface area contributed by atoms with Crippen LogP contribution in [-0.4, -0.2) is 29.5 Å². The Hall–Kier alpha value is -1.24. The van der Waals surface area contributed by atoms with E-state index in [1.807, 2.05) is 0 Å². The summed E-state index contributed by atoms with van der Waals surface area (Å²) in [4.78, 5) is 22.8. The lowest BCUT2D eigenvalue weighted by atomic mass is 10.2. The van der Waals surface area contributed by atoms with E-state index in [1.165, 1.54) is 12.1 Å². The Balaban J connectivity index is 2.07. The number of amides is 2. The number of nitrogens with one attached hydrogen (secondary N) is 2. The zero-order chi connectivity index (χ0) is 13.1. The van der Waals surface area contributed by atoms with Crippen molar-refractivity contribution < 1.29 is 9.59 Å². The van der Waals surface area contributed by atoms with E-state index in [0.717, 1.165) is 11.6 Å². The molecule has 0 radical (unpaired) electrons. The van der Waals surface area contributed by atoms with Crippen molar-refractivity contribution in [2.75, 3.05) is 16.9 Å². The molecule has 2 amide bonds. The molecule has 1 heterocycles. The van der Waals surface area contributed by atoms with Crippen LogP contribution in [0.15, 0.2) is 18.2 Å². The number of carbonyl (C=O) groups is 2. The van der Waals surface area contributed by atoms with Gasteiger partial charge in [0.1, 0.15) is 0 Å². The van der Waals surface area contributed by atoms with Gasteiger partial charge < -0.3 is 11.1 Å². The largest absolute Gasteiger partial charge is 0.366 e. The summed E-state index contributed by atoms with van der Waals surface area (Å²) in [6.07, 6.45) is 0. The van der Waals surface area contributed by atoms with Crippen molar-refractivity contribution in [1.29, 1.82) is 0 Å². The zero-order valence-corrected chi connectivity index (χ0v) is 11.0. The maximum absolute atomic E-state index is 11.8. The van der Waals surface area contributed by atoms with Gasteiger partial charge in [-0.2, -0.15) is 0 Å². The number of benzene rings is 1. The fraction of sp³-hybridized carbons (Fsp3) is 0.273. The Morgan fingerprint density at radius 3 is 2.83 bits per heavy atom. The lowest BCUT2D eigenvalue weighted by Crippen LogP contribution is -2.37. The van der Waals surface area contributed by atoms with Crippen LogP contribution in [0.25, 0.3) is 0 Å². The summed E-state index contributed by atoms with van der Waals surface area (Å²) in [6, 6.07) is 4.43. The SMILES string of the molecule is NC(=O)c1ccc(NC(=O)C2CSCN2)cc1Cl. The normalized spacial score (nSPS) is 18.6. The molecular weight excluding hydrogens is 274 g/mol. The number of carbonyl (C=O) groups excluding carboxylic acids is 2. The fourth-order valence-electron chi connectivity index (χ4n) is 1.59. The highest BCUT2D eigenvalue weighted by molar-refractivity contribution is 7.99. The Labute approximate surface area is 113 Å². The van der Waals surface area contributed by atoms with Gasteiger partial charge in [-0.15, -0.1) is 11.8 Å². The quantitative estimate of drug-likeness (QED) is 0.775. The zero-order valence-electron chi connectivity index (χ0n) is 9.40. The molecule has 1 atom stereocenters. The summed E-state index contributed by atoms with van der Waals surface area (Å²) in [5.74, 6) is 0.827. The van der Waals surface area contributed by atoms with E-state index in [2.05, 4.69) is 10.6 Å². The van der Waals surface area contributed by atoms with Gasteiger partial charge in [0, 0.05) is 17.3 Å². The smallest absolute Gasteiger partial charge is 0.250 e. The van der Waals surface area contributed by atoms with E-state index >= 15 is 0 Å². The number of primary amides is 1. The third kappa shape index (κ3) is 2.95. The van der Waals surface area contributed by atoms with E-state index in [-0.39, 0.29) is 22.5 Å². The lowest BCUT2D eigenvalue weighted by molar-refractivity contribution is -0.117. The summed E-state index contributed by atoms with van der Waals surface area (Å²) in [7, 11) is 0. The van der Waals surface area contributed by atoms with E-state index in [1.54, 1.807) is 17.8 Å². The van der Waals surface area contributed by atoms with Crippen LogP contribution >= 0.6 is 23.4 Å². The second-order valence-corrected chi connectivity index (χ2v) is 5.26. The molecule has 1 aromatic rings. The van der Waals surface area contributed by atoms with Crippen molar-refractivity contribution >= 4 is 40.9 Å². The summed E-state index contributed by atoms with van der Waals surface area (Å²) < 4.78 is 0. The van der Waals surface area contributed by atoms with Crippen molar-refractivity contribution in [2.45, 2.75) is 6.04 Å². The van der Waals surface area contributed by atoms with Crippen molar-refractivity contribution in [1.82, 2.24) is 5.32 Å². The van der Waals surface area contributed by atoms with E-state index in [9.17, 15) is 9.59 Å². The average Bonchev–Trinajstić information content (AvgIpc) is 2.81. The highest BCUT2D eigenvalue weighted by Gasteiger charge is 2.22. The van der Waals surface area contributed by atoms with Crippen LogP contribution in [0.1, 0.15) is 10.4 Å². The molecule has 1 saturated heterocycles. The minimum atomic E-state index is -0.591. The summed E-state index contributed by atoms with van der Waals surface area (Å²) in [6.45, 7) is 0. The predicted molar refractivity (Wildman–Crippen MR) is 72.8 cm³/mol. The number of anilines is 1. The third-order valence-corrected chi connectivity index (χ3v) is 3.79. The second-order valence-electron chi connectivity index (χ2n) is 3.82. The molecular formula is C11H12ClN3O2S. The molecule has 1 fully saturated rings.